The van der Waals surface area contributed by atoms with Gasteiger partial charge in [0.1, 0.15) is 5.60 Å². The summed E-state index contributed by atoms with van der Waals surface area (Å²) in [5, 5.41) is 0. The summed E-state index contributed by atoms with van der Waals surface area (Å²) in [4.78, 5) is 14.1. The molecule has 14 heavy (non-hydrogen) atoms. The Morgan fingerprint density at radius 2 is 2.21 bits per heavy atom. The molecule has 0 fully saturated rings. The van der Waals surface area contributed by atoms with E-state index in [4.69, 9.17) is 4.74 Å². The molecule has 0 bridgehead atoms. The fourth-order valence-electron chi connectivity index (χ4n) is 0.941. The van der Waals surface area contributed by atoms with Gasteiger partial charge in [-0.1, -0.05) is 0 Å². The zero-order chi connectivity index (χ0) is 10.6. The average molecular weight is 193 g/mol. The van der Waals surface area contributed by atoms with E-state index in [9.17, 15) is 4.79 Å². The number of ether oxygens (including phenoxy) is 1. The Labute approximate surface area is 83.8 Å². The number of rotatable bonds is 2. The Kier molecular flexibility index (Phi) is 3.12. The number of carbonyl (C=O) groups excluding carboxylic acids is 1. The standard InChI is InChI=1S/C11H15NO2/c1-11(2,3)14-10(13)5-4-9-6-7-12-8-9/h4-8,12H,1-3H3/b5-4-. The lowest BCUT2D eigenvalue weighted by Gasteiger charge is -2.17. The first-order chi connectivity index (χ1) is 6.47. The van der Waals surface area contributed by atoms with Crippen LogP contribution < -0.4 is 0 Å². The quantitative estimate of drug-likeness (QED) is 0.578. The van der Waals surface area contributed by atoms with Crippen molar-refractivity contribution < 1.29 is 9.53 Å². The maximum absolute atomic E-state index is 11.2. The van der Waals surface area contributed by atoms with Crippen LogP contribution in [-0.4, -0.2) is 16.6 Å². The first-order valence-electron chi connectivity index (χ1n) is 4.51. The second-order valence-electron chi connectivity index (χ2n) is 4.01. The van der Waals surface area contributed by atoms with E-state index in [1.165, 1.54) is 6.08 Å². The van der Waals surface area contributed by atoms with Crippen molar-refractivity contribution in [2.75, 3.05) is 0 Å². The van der Waals surface area contributed by atoms with Gasteiger partial charge in [0.25, 0.3) is 0 Å². The molecular weight excluding hydrogens is 178 g/mol. The van der Waals surface area contributed by atoms with Gasteiger partial charge < -0.3 is 9.72 Å². The number of aromatic amines is 1. The maximum Gasteiger partial charge on any atom is 0.331 e. The molecule has 0 radical (unpaired) electrons. The van der Waals surface area contributed by atoms with Crippen molar-refractivity contribution in [1.82, 2.24) is 4.98 Å². The number of hydrogen-bond acceptors (Lipinski definition) is 2. The lowest BCUT2D eigenvalue weighted by molar-refractivity contribution is -0.148. The highest BCUT2D eigenvalue weighted by molar-refractivity contribution is 5.87. The van der Waals surface area contributed by atoms with Gasteiger partial charge in [-0.3, -0.25) is 0 Å². The molecule has 0 unspecified atom stereocenters. The van der Waals surface area contributed by atoms with Crippen LogP contribution in [0.4, 0.5) is 0 Å². The Balaban J connectivity index is 2.49. The Morgan fingerprint density at radius 3 is 2.71 bits per heavy atom. The van der Waals surface area contributed by atoms with Gasteiger partial charge in [-0.25, -0.2) is 4.79 Å². The first-order valence-corrected chi connectivity index (χ1v) is 4.51. The third kappa shape index (κ3) is 3.94. The highest BCUT2D eigenvalue weighted by Gasteiger charge is 2.13. The summed E-state index contributed by atoms with van der Waals surface area (Å²) in [6, 6.07) is 1.88. The van der Waals surface area contributed by atoms with Crippen LogP contribution in [0.15, 0.2) is 24.5 Å². The van der Waals surface area contributed by atoms with Gasteiger partial charge >= 0.3 is 5.97 Å². The molecule has 1 heterocycles. The Bertz CT molecular complexity index is 318. The average Bonchev–Trinajstić information content (AvgIpc) is 2.49. The third-order valence-corrected chi connectivity index (χ3v) is 1.44. The highest BCUT2D eigenvalue weighted by atomic mass is 16.6. The molecule has 0 saturated carbocycles. The Hall–Kier alpha value is -1.51. The molecule has 0 aliphatic carbocycles. The summed E-state index contributed by atoms with van der Waals surface area (Å²) in [7, 11) is 0. The van der Waals surface area contributed by atoms with Crippen molar-refractivity contribution in [1.29, 1.82) is 0 Å². The van der Waals surface area contributed by atoms with E-state index in [0.29, 0.717) is 0 Å². The molecule has 0 spiro atoms. The molecule has 76 valence electrons. The largest absolute Gasteiger partial charge is 0.457 e. The zero-order valence-electron chi connectivity index (χ0n) is 8.70. The normalized spacial score (nSPS) is 11.9. The smallest absolute Gasteiger partial charge is 0.331 e. The van der Waals surface area contributed by atoms with Crippen molar-refractivity contribution in [3.05, 3.63) is 30.1 Å². The lowest BCUT2D eigenvalue weighted by Crippen LogP contribution is -2.22. The minimum absolute atomic E-state index is 0.321. The summed E-state index contributed by atoms with van der Waals surface area (Å²) in [6.07, 6.45) is 6.74. The van der Waals surface area contributed by atoms with Gasteiger partial charge in [0.15, 0.2) is 0 Å². The molecule has 1 rings (SSSR count). The maximum atomic E-state index is 11.2. The van der Waals surface area contributed by atoms with Crippen molar-refractivity contribution in [2.24, 2.45) is 0 Å². The van der Waals surface area contributed by atoms with Crippen LogP contribution in [0.5, 0.6) is 0 Å². The molecule has 1 aromatic rings. The lowest BCUT2D eigenvalue weighted by atomic mass is 10.2. The highest BCUT2D eigenvalue weighted by Crippen LogP contribution is 2.08. The van der Waals surface area contributed by atoms with Crippen LogP contribution >= 0.6 is 0 Å². The molecule has 3 nitrogen and oxygen atoms in total. The van der Waals surface area contributed by atoms with Crippen molar-refractivity contribution in [2.45, 2.75) is 26.4 Å². The van der Waals surface area contributed by atoms with Gasteiger partial charge in [0.2, 0.25) is 0 Å². The van der Waals surface area contributed by atoms with E-state index in [0.717, 1.165) is 5.56 Å². The van der Waals surface area contributed by atoms with Crippen molar-refractivity contribution in [3.63, 3.8) is 0 Å². The predicted molar refractivity (Wildman–Crippen MR) is 55.7 cm³/mol. The predicted octanol–water partition coefficient (Wildman–Crippen LogP) is 2.37. The van der Waals surface area contributed by atoms with Gasteiger partial charge in [-0.05, 0) is 38.5 Å². The summed E-state index contributed by atoms with van der Waals surface area (Å²) in [5.41, 5.74) is 0.524. The van der Waals surface area contributed by atoms with Gasteiger partial charge in [0, 0.05) is 18.5 Å². The number of nitrogens with one attached hydrogen (secondary N) is 1. The topological polar surface area (TPSA) is 42.1 Å². The van der Waals surface area contributed by atoms with E-state index in [1.54, 1.807) is 18.5 Å². The number of hydrogen-bond donors (Lipinski definition) is 1. The van der Waals surface area contributed by atoms with E-state index >= 15 is 0 Å². The van der Waals surface area contributed by atoms with Crippen LogP contribution in [0.3, 0.4) is 0 Å². The van der Waals surface area contributed by atoms with Crippen molar-refractivity contribution in [3.8, 4) is 0 Å². The fraction of sp³-hybridized carbons (Fsp3) is 0.364. The van der Waals surface area contributed by atoms with Crippen LogP contribution in [0.1, 0.15) is 26.3 Å². The Morgan fingerprint density at radius 1 is 1.50 bits per heavy atom. The molecular formula is C11H15NO2. The SMILES string of the molecule is CC(C)(C)OC(=O)/C=C\c1cc[nH]c1. The van der Waals surface area contributed by atoms with Gasteiger partial charge in [-0.2, -0.15) is 0 Å². The minimum atomic E-state index is -0.431. The van der Waals surface area contributed by atoms with E-state index in [1.807, 2.05) is 26.8 Å². The molecule has 0 aliphatic rings. The van der Waals surface area contributed by atoms with E-state index < -0.39 is 5.60 Å². The molecule has 3 heteroatoms. The summed E-state index contributed by atoms with van der Waals surface area (Å²) < 4.78 is 5.10. The third-order valence-electron chi connectivity index (χ3n) is 1.44. The van der Waals surface area contributed by atoms with Gasteiger partial charge in [0.05, 0.1) is 0 Å². The molecule has 1 N–H and O–H groups in total. The fourth-order valence-corrected chi connectivity index (χ4v) is 0.941. The molecule has 0 aliphatic heterocycles. The van der Waals surface area contributed by atoms with E-state index in [-0.39, 0.29) is 5.97 Å². The minimum Gasteiger partial charge on any atom is -0.457 e. The molecule has 1 aromatic heterocycles. The van der Waals surface area contributed by atoms with Crippen molar-refractivity contribution >= 4 is 12.0 Å². The van der Waals surface area contributed by atoms with Crippen LogP contribution in [0.2, 0.25) is 0 Å². The van der Waals surface area contributed by atoms with Crippen LogP contribution in [-0.2, 0) is 9.53 Å². The summed E-state index contributed by atoms with van der Waals surface area (Å²) in [6.45, 7) is 5.53. The number of aromatic nitrogens is 1. The molecule has 0 atom stereocenters. The van der Waals surface area contributed by atoms with Crippen LogP contribution in [0.25, 0.3) is 6.08 Å². The molecule has 0 aromatic carbocycles. The monoisotopic (exact) mass is 193 g/mol. The zero-order valence-corrected chi connectivity index (χ0v) is 8.70. The van der Waals surface area contributed by atoms with Gasteiger partial charge in [-0.15, -0.1) is 0 Å². The molecule has 0 amide bonds. The number of carbonyl (C=O) groups is 1. The first kappa shape index (κ1) is 10.6. The number of H-pyrrole nitrogens is 1. The summed E-state index contributed by atoms with van der Waals surface area (Å²) in [5.74, 6) is -0.321. The second kappa shape index (κ2) is 4.13. The second-order valence-corrected chi connectivity index (χ2v) is 4.01. The van der Waals surface area contributed by atoms with Crippen LogP contribution in [0, 0.1) is 0 Å². The van der Waals surface area contributed by atoms with E-state index in [2.05, 4.69) is 4.98 Å². The number of esters is 1. The summed E-state index contributed by atoms with van der Waals surface area (Å²) >= 11 is 0. The molecule has 0 saturated heterocycles.